The monoisotopic (exact) mass is 479 g/mol. The molecule has 3 heterocycles. The van der Waals surface area contributed by atoms with Crippen molar-refractivity contribution in [3.8, 4) is 5.75 Å². The Kier molecular flexibility index (Phi) is 4.84. The van der Waals surface area contributed by atoms with Crippen LogP contribution in [-0.2, 0) is 9.53 Å². The summed E-state index contributed by atoms with van der Waals surface area (Å²) in [5.41, 5.74) is 2.50. The SMILES string of the molecule is CSc1ccc(C2=CC(=C3N=C(c4ccco4)OC3=O)c3cc(Br)ccc3O2)cc1. The number of hydrogen-bond donors (Lipinski definition) is 0. The van der Waals surface area contributed by atoms with Gasteiger partial charge >= 0.3 is 5.97 Å². The van der Waals surface area contributed by atoms with Gasteiger partial charge in [-0.05, 0) is 54.8 Å². The standard InChI is InChI=1S/C23H14BrNO4S/c1-30-15-7-4-13(5-8-15)20-12-17(16-11-14(24)6-9-18(16)28-20)21-23(26)29-22(25-21)19-3-2-10-27-19/h2-12H,1H3. The largest absolute Gasteiger partial charge is 0.459 e. The highest BCUT2D eigenvalue weighted by atomic mass is 79.9. The molecule has 0 amide bonds. The number of rotatable bonds is 3. The molecule has 0 atom stereocenters. The number of hydrogen-bond acceptors (Lipinski definition) is 6. The van der Waals surface area contributed by atoms with Crippen molar-refractivity contribution in [1.29, 1.82) is 0 Å². The summed E-state index contributed by atoms with van der Waals surface area (Å²) in [6, 6.07) is 17.1. The van der Waals surface area contributed by atoms with Crippen LogP contribution in [0.15, 0.2) is 91.4 Å². The predicted molar refractivity (Wildman–Crippen MR) is 119 cm³/mol. The van der Waals surface area contributed by atoms with Crippen LogP contribution in [0.5, 0.6) is 5.75 Å². The highest BCUT2D eigenvalue weighted by Crippen LogP contribution is 2.41. The number of cyclic esters (lactones) is 1. The fourth-order valence-electron chi connectivity index (χ4n) is 3.23. The van der Waals surface area contributed by atoms with Gasteiger partial charge in [-0.25, -0.2) is 9.79 Å². The van der Waals surface area contributed by atoms with Gasteiger partial charge in [-0.2, -0.15) is 0 Å². The molecule has 0 saturated heterocycles. The maximum Gasteiger partial charge on any atom is 0.364 e. The Hall–Kier alpha value is -3.03. The van der Waals surface area contributed by atoms with Crippen molar-refractivity contribution >= 4 is 50.9 Å². The Morgan fingerprint density at radius 3 is 2.60 bits per heavy atom. The van der Waals surface area contributed by atoms with E-state index in [1.807, 2.05) is 54.8 Å². The number of halogens is 1. The van der Waals surface area contributed by atoms with Crippen LogP contribution in [0.2, 0.25) is 0 Å². The van der Waals surface area contributed by atoms with Crippen molar-refractivity contribution in [3.63, 3.8) is 0 Å². The van der Waals surface area contributed by atoms with Crippen LogP contribution in [0.25, 0.3) is 11.3 Å². The van der Waals surface area contributed by atoms with Crippen molar-refractivity contribution < 1.29 is 18.7 Å². The lowest BCUT2D eigenvalue weighted by molar-refractivity contribution is -0.130. The third kappa shape index (κ3) is 3.40. The number of ether oxygens (including phenoxy) is 2. The average Bonchev–Trinajstić information content (AvgIpc) is 3.43. The van der Waals surface area contributed by atoms with Crippen LogP contribution in [-0.4, -0.2) is 18.1 Å². The second-order valence-electron chi connectivity index (χ2n) is 6.53. The number of furan rings is 1. The zero-order valence-corrected chi connectivity index (χ0v) is 18.1. The first-order valence-electron chi connectivity index (χ1n) is 9.05. The number of thioether (sulfide) groups is 1. The van der Waals surface area contributed by atoms with Crippen molar-refractivity contribution in [2.24, 2.45) is 4.99 Å². The zero-order valence-electron chi connectivity index (χ0n) is 15.7. The van der Waals surface area contributed by atoms with Crippen LogP contribution in [0.3, 0.4) is 0 Å². The summed E-state index contributed by atoms with van der Waals surface area (Å²) in [6.07, 6.45) is 5.37. The van der Waals surface area contributed by atoms with Gasteiger partial charge in [-0.3, -0.25) is 0 Å². The Bertz CT molecular complexity index is 1240. The van der Waals surface area contributed by atoms with E-state index in [1.165, 1.54) is 6.26 Å². The molecule has 0 bridgehead atoms. The quantitative estimate of drug-likeness (QED) is 0.265. The summed E-state index contributed by atoms with van der Waals surface area (Å²) in [4.78, 5) is 18.3. The van der Waals surface area contributed by atoms with Gasteiger partial charge in [0.15, 0.2) is 11.5 Å². The average molecular weight is 480 g/mol. The number of benzene rings is 2. The lowest BCUT2D eigenvalue weighted by atomic mass is 9.98. The Morgan fingerprint density at radius 2 is 1.87 bits per heavy atom. The van der Waals surface area contributed by atoms with Crippen molar-refractivity contribution in [2.75, 3.05) is 6.26 Å². The summed E-state index contributed by atoms with van der Waals surface area (Å²) in [5.74, 6) is 1.29. The maximum absolute atomic E-state index is 12.7. The van der Waals surface area contributed by atoms with Gasteiger partial charge in [0.1, 0.15) is 11.5 Å². The minimum Gasteiger partial charge on any atom is -0.459 e. The molecule has 0 radical (unpaired) electrons. The maximum atomic E-state index is 12.7. The first-order chi connectivity index (χ1) is 14.6. The summed E-state index contributed by atoms with van der Waals surface area (Å²) < 4.78 is 17.7. The van der Waals surface area contributed by atoms with E-state index in [1.54, 1.807) is 23.9 Å². The Morgan fingerprint density at radius 1 is 1.03 bits per heavy atom. The first kappa shape index (κ1) is 19.0. The van der Waals surface area contributed by atoms with E-state index >= 15 is 0 Å². The van der Waals surface area contributed by atoms with Gasteiger partial charge in [0.2, 0.25) is 0 Å². The Balaban J connectivity index is 1.68. The van der Waals surface area contributed by atoms with Gasteiger partial charge in [0, 0.05) is 26.1 Å². The predicted octanol–water partition coefficient (Wildman–Crippen LogP) is 5.91. The van der Waals surface area contributed by atoms with Gasteiger partial charge in [0.25, 0.3) is 5.90 Å². The third-order valence-corrected chi connectivity index (χ3v) is 5.92. The molecule has 0 unspecified atom stereocenters. The number of carbonyl (C=O) groups excluding carboxylic acids is 1. The number of fused-ring (bicyclic) bond motifs is 1. The van der Waals surface area contributed by atoms with Crippen molar-refractivity contribution in [2.45, 2.75) is 4.90 Å². The summed E-state index contributed by atoms with van der Waals surface area (Å²) in [5, 5.41) is 0. The van der Waals surface area contributed by atoms with Crippen molar-refractivity contribution in [1.82, 2.24) is 0 Å². The molecule has 0 fully saturated rings. The third-order valence-electron chi connectivity index (χ3n) is 4.68. The number of carbonyl (C=O) groups is 1. The fourth-order valence-corrected chi connectivity index (χ4v) is 4.00. The number of aliphatic imine (C=N–C) groups is 1. The molecule has 30 heavy (non-hydrogen) atoms. The molecule has 3 aromatic rings. The highest BCUT2D eigenvalue weighted by molar-refractivity contribution is 9.10. The van der Waals surface area contributed by atoms with Crippen LogP contribution >= 0.6 is 27.7 Å². The molecule has 2 aliphatic heterocycles. The molecule has 5 rings (SSSR count). The minimum absolute atomic E-state index is 0.148. The molecule has 1 aromatic heterocycles. The van der Waals surface area contributed by atoms with Crippen LogP contribution in [0.1, 0.15) is 16.9 Å². The topological polar surface area (TPSA) is 61.0 Å². The molecule has 2 aromatic carbocycles. The summed E-state index contributed by atoms with van der Waals surface area (Å²) in [6.45, 7) is 0. The van der Waals surface area contributed by atoms with Gasteiger partial charge in [-0.1, -0.05) is 28.1 Å². The molecule has 0 saturated carbocycles. The van der Waals surface area contributed by atoms with Crippen LogP contribution in [0, 0.1) is 0 Å². The molecule has 7 heteroatoms. The number of nitrogens with zero attached hydrogens (tertiary/aromatic N) is 1. The van der Waals surface area contributed by atoms with E-state index in [2.05, 4.69) is 20.9 Å². The van der Waals surface area contributed by atoms with Gasteiger partial charge < -0.3 is 13.9 Å². The van der Waals surface area contributed by atoms with Crippen LogP contribution in [0.4, 0.5) is 0 Å². The Labute approximate surface area is 185 Å². The van der Waals surface area contributed by atoms with Crippen LogP contribution < -0.4 is 4.74 Å². The van der Waals surface area contributed by atoms with E-state index < -0.39 is 5.97 Å². The number of esters is 1. The van der Waals surface area contributed by atoms with E-state index in [9.17, 15) is 4.79 Å². The second-order valence-corrected chi connectivity index (χ2v) is 8.32. The van der Waals surface area contributed by atoms with Crippen molar-refractivity contribution in [3.05, 3.63) is 94.0 Å². The van der Waals surface area contributed by atoms with Gasteiger partial charge in [0.05, 0.1) is 6.26 Å². The molecule has 0 aliphatic carbocycles. The lowest BCUT2D eigenvalue weighted by Crippen LogP contribution is -2.08. The van der Waals surface area contributed by atoms with E-state index in [0.29, 0.717) is 22.8 Å². The molecular weight excluding hydrogens is 466 g/mol. The molecule has 0 N–H and O–H groups in total. The molecular formula is C23H14BrNO4S. The fraction of sp³-hybridized carbons (Fsp3) is 0.0435. The zero-order chi connectivity index (χ0) is 20.7. The second kappa shape index (κ2) is 7.66. The molecule has 148 valence electrons. The van der Waals surface area contributed by atoms with Gasteiger partial charge in [-0.15, -0.1) is 11.8 Å². The molecule has 5 nitrogen and oxygen atoms in total. The summed E-state index contributed by atoms with van der Waals surface area (Å²) in [7, 11) is 0. The minimum atomic E-state index is -0.530. The van der Waals surface area contributed by atoms with E-state index in [4.69, 9.17) is 13.9 Å². The van der Waals surface area contributed by atoms with E-state index in [-0.39, 0.29) is 11.6 Å². The summed E-state index contributed by atoms with van der Waals surface area (Å²) >= 11 is 5.16. The smallest absolute Gasteiger partial charge is 0.364 e. The molecule has 2 aliphatic rings. The number of allylic oxidation sites excluding steroid dienone is 2. The normalized spacial score (nSPS) is 17.7. The molecule has 0 spiro atoms. The lowest BCUT2D eigenvalue weighted by Gasteiger charge is -2.21. The first-order valence-corrected chi connectivity index (χ1v) is 11.1. The highest BCUT2D eigenvalue weighted by Gasteiger charge is 2.31. The van der Waals surface area contributed by atoms with E-state index in [0.717, 1.165) is 20.5 Å².